The van der Waals surface area contributed by atoms with E-state index in [0.717, 1.165) is 44.9 Å². The van der Waals surface area contributed by atoms with E-state index in [9.17, 15) is 4.79 Å². The van der Waals surface area contributed by atoms with E-state index in [1.807, 2.05) is 0 Å². The molecule has 150 valence electrons. The Hall–Kier alpha value is -1.59. The van der Waals surface area contributed by atoms with E-state index in [1.54, 1.807) is 7.11 Å². The van der Waals surface area contributed by atoms with Crippen molar-refractivity contribution in [1.82, 2.24) is 15.1 Å². The molecule has 27 heavy (non-hydrogen) atoms. The second kappa shape index (κ2) is 9.56. The van der Waals surface area contributed by atoms with Crippen molar-refractivity contribution in [2.24, 2.45) is 5.92 Å². The highest BCUT2D eigenvalue weighted by atomic mass is 16.5. The molecule has 1 aromatic rings. The summed E-state index contributed by atoms with van der Waals surface area (Å²) >= 11 is 0. The Bertz CT molecular complexity index is 626. The maximum atomic E-state index is 12.4. The molecule has 0 aromatic heterocycles. The fraction of sp³-hybridized carbons (Fsp3) is 0.682. The third kappa shape index (κ3) is 5.69. The SMILES string of the molecule is COc1ccc(C)cc1CN1CCN(CC(=O)N[C@H]2CCCC[C@H]2C)CC1. The Labute approximate surface area is 164 Å². The van der Waals surface area contributed by atoms with Gasteiger partial charge in [0.2, 0.25) is 5.91 Å². The number of carbonyl (C=O) groups is 1. The minimum atomic E-state index is 0.197. The van der Waals surface area contributed by atoms with E-state index in [0.29, 0.717) is 18.5 Å². The first-order valence-corrected chi connectivity index (χ1v) is 10.4. The average Bonchev–Trinajstić information content (AvgIpc) is 2.65. The Balaban J connectivity index is 1.43. The molecule has 5 heteroatoms. The standard InChI is InChI=1S/C22H35N3O2/c1-17-8-9-21(27-3)19(14-17)15-24-10-12-25(13-11-24)16-22(26)23-20-7-5-4-6-18(20)2/h8-9,14,18,20H,4-7,10-13,15-16H2,1-3H3,(H,23,26)/t18-,20+/m1/s1. The quantitative estimate of drug-likeness (QED) is 0.833. The number of nitrogens with one attached hydrogen (secondary N) is 1. The van der Waals surface area contributed by atoms with Crippen LogP contribution in [-0.2, 0) is 11.3 Å². The first-order chi connectivity index (χ1) is 13.0. The van der Waals surface area contributed by atoms with Crippen LogP contribution in [0.1, 0.15) is 43.7 Å². The van der Waals surface area contributed by atoms with Crippen molar-refractivity contribution in [2.45, 2.75) is 52.1 Å². The van der Waals surface area contributed by atoms with E-state index in [4.69, 9.17) is 4.74 Å². The summed E-state index contributed by atoms with van der Waals surface area (Å²) in [6.07, 6.45) is 4.93. The van der Waals surface area contributed by atoms with Gasteiger partial charge in [-0.15, -0.1) is 0 Å². The molecule has 5 nitrogen and oxygen atoms in total. The highest BCUT2D eigenvalue weighted by molar-refractivity contribution is 5.78. The summed E-state index contributed by atoms with van der Waals surface area (Å²) in [4.78, 5) is 17.2. The monoisotopic (exact) mass is 373 g/mol. The van der Waals surface area contributed by atoms with Gasteiger partial charge in [-0.2, -0.15) is 0 Å². The zero-order valence-electron chi connectivity index (χ0n) is 17.2. The van der Waals surface area contributed by atoms with Gasteiger partial charge in [-0.1, -0.05) is 37.5 Å². The molecule has 1 aliphatic carbocycles. The molecule has 2 fully saturated rings. The number of methoxy groups -OCH3 is 1. The number of amides is 1. The van der Waals surface area contributed by atoms with Crippen molar-refractivity contribution in [3.05, 3.63) is 29.3 Å². The zero-order chi connectivity index (χ0) is 19.2. The second-order valence-corrected chi connectivity index (χ2v) is 8.30. The van der Waals surface area contributed by atoms with Crippen molar-refractivity contribution < 1.29 is 9.53 Å². The summed E-state index contributed by atoms with van der Waals surface area (Å²) < 4.78 is 5.51. The number of hydrogen-bond acceptors (Lipinski definition) is 4. The van der Waals surface area contributed by atoms with E-state index in [2.05, 4.69) is 47.2 Å². The Morgan fingerprint density at radius 1 is 1.15 bits per heavy atom. The number of piperazine rings is 1. The summed E-state index contributed by atoms with van der Waals surface area (Å²) in [7, 11) is 1.73. The third-order valence-corrected chi connectivity index (χ3v) is 6.12. The lowest BCUT2D eigenvalue weighted by atomic mass is 9.86. The molecule has 1 aliphatic heterocycles. The van der Waals surface area contributed by atoms with Crippen LogP contribution in [0.25, 0.3) is 0 Å². The summed E-state index contributed by atoms with van der Waals surface area (Å²) in [5, 5.41) is 3.28. The van der Waals surface area contributed by atoms with Crippen LogP contribution < -0.4 is 10.1 Å². The average molecular weight is 374 g/mol. The topological polar surface area (TPSA) is 44.8 Å². The molecule has 1 N–H and O–H groups in total. The molecule has 1 amide bonds. The zero-order valence-corrected chi connectivity index (χ0v) is 17.2. The molecule has 1 aromatic carbocycles. The van der Waals surface area contributed by atoms with Crippen molar-refractivity contribution in [3.63, 3.8) is 0 Å². The lowest BCUT2D eigenvalue weighted by Gasteiger charge is -2.35. The molecule has 2 aliphatic rings. The molecule has 0 radical (unpaired) electrons. The van der Waals surface area contributed by atoms with Crippen LogP contribution in [0, 0.1) is 12.8 Å². The maximum absolute atomic E-state index is 12.4. The molecular formula is C22H35N3O2. The van der Waals surface area contributed by atoms with Gasteiger partial charge in [0, 0.05) is 44.3 Å². The molecular weight excluding hydrogens is 338 g/mol. The van der Waals surface area contributed by atoms with Crippen LogP contribution in [-0.4, -0.2) is 61.6 Å². The van der Waals surface area contributed by atoms with Crippen molar-refractivity contribution >= 4 is 5.91 Å². The number of aryl methyl sites for hydroxylation is 1. The fourth-order valence-corrected chi connectivity index (χ4v) is 4.36. The van der Waals surface area contributed by atoms with Gasteiger partial charge in [0.05, 0.1) is 13.7 Å². The first kappa shape index (κ1) is 20.2. The first-order valence-electron chi connectivity index (χ1n) is 10.4. The number of benzene rings is 1. The van der Waals surface area contributed by atoms with Crippen molar-refractivity contribution in [3.8, 4) is 5.75 Å². The minimum absolute atomic E-state index is 0.197. The van der Waals surface area contributed by atoms with E-state index in [1.165, 1.54) is 30.4 Å². The van der Waals surface area contributed by atoms with Gasteiger partial charge in [0.1, 0.15) is 5.75 Å². The number of rotatable bonds is 6. The molecule has 3 rings (SSSR count). The third-order valence-electron chi connectivity index (χ3n) is 6.12. The van der Waals surface area contributed by atoms with Crippen molar-refractivity contribution in [2.75, 3.05) is 39.8 Å². The van der Waals surface area contributed by atoms with Crippen LogP contribution in [0.4, 0.5) is 0 Å². The molecule has 2 atom stereocenters. The van der Waals surface area contributed by atoms with Crippen molar-refractivity contribution in [1.29, 1.82) is 0 Å². The van der Waals surface area contributed by atoms with Gasteiger partial charge in [-0.3, -0.25) is 14.6 Å². The molecule has 1 saturated heterocycles. The Morgan fingerprint density at radius 2 is 1.85 bits per heavy atom. The summed E-state index contributed by atoms with van der Waals surface area (Å²) in [5.41, 5.74) is 2.51. The number of ether oxygens (including phenoxy) is 1. The lowest BCUT2D eigenvalue weighted by molar-refractivity contribution is -0.124. The summed E-state index contributed by atoms with van der Waals surface area (Å²) in [5.74, 6) is 1.77. The van der Waals surface area contributed by atoms with Gasteiger partial charge in [-0.05, 0) is 31.7 Å². The van der Waals surface area contributed by atoms with E-state index < -0.39 is 0 Å². The highest BCUT2D eigenvalue weighted by Crippen LogP contribution is 2.24. The fourth-order valence-electron chi connectivity index (χ4n) is 4.36. The molecule has 1 heterocycles. The lowest BCUT2D eigenvalue weighted by Crippen LogP contribution is -2.51. The van der Waals surface area contributed by atoms with E-state index in [-0.39, 0.29) is 5.91 Å². The van der Waals surface area contributed by atoms with Crippen LogP contribution in [0.5, 0.6) is 5.75 Å². The second-order valence-electron chi connectivity index (χ2n) is 8.30. The Kier molecular flexibility index (Phi) is 7.13. The molecule has 0 spiro atoms. The van der Waals surface area contributed by atoms with Gasteiger partial charge in [0.25, 0.3) is 0 Å². The van der Waals surface area contributed by atoms with Crippen LogP contribution >= 0.6 is 0 Å². The number of hydrogen-bond donors (Lipinski definition) is 1. The van der Waals surface area contributed by atoms with Gasteiger partial charge in [-0.25, -0.2) is 0 Å². The van der Waals surface area contributed by atoms with Gasteiger partial charge in [0.15, 0.2) is 0 Å². The number of nitrogens with zero attached hydrogens (tertiary/aromatic N) is 2. The van der Waals surface area contributed by atoms with Gasteiger partial charge >= 0.3 is 0 Å². The maximum Gasteiger partial charge on any atom is 0.234 e. The highest BCUT2D eigenvalue weighted by Gasteiger charge is 2.25. The van der Waals surface area contributed by atoms with Crippen LogP contribution in [0.15, 0.2) is 18.2 Å². The normalized spacial score (nSPS) is 24.6. The van der Waals surface area contributed by atoms with Crippen LogP contribution in [0.3, 0.4) is 0 Å². The number of carbonyl (C=O) groups excluding carboxylic acids is 1. The largest absolute Gasteiger partial charge is 0.496 e. The van der Waals surface area contributed by atoms with Gasteiger partial charge < -0.3 is 10.1 Å². The summed E-state index contributed by atoms with van der Waals surface area (Å²) in [6.45, 7) is 9.70. The van der Waals surface area contributed by atoms with Crippen LogP contribution in [0.2, 0.25) is 0 Å². The molecule has 0 bridgehead atoms. The molecule has 0 unspecified atom stereocenters. The smallest absolute Gasteiger partial charge is 0.234 e. The molecule has 1 saturated carbocycles. The Morgan fingerprint density at radius 3 is 2.56 bits per heavy atom. The predicted octanol–water partition coefficient (Wildman–Crippen LogP) is 2.82. The predicted molar refractivity (Wildman–Crippen MR) is 109 cm³/mol. The summed E-state index contributed by atoms with van der Waals surface area (Å²) in [6, 6.07) is 6.73. The van der Waals surface area contributed by atoms with E-state index >= 15 is 0 Å². The minimum Gasteiger partial charge on any atom is -0.496 e.